The van der Waals surface area contributed by atoms with E-state index in [1.807, 2.05) is 24.5 Å². The zero-order valence-corrected chi connectivity index (χ0v) is 19.1. The summed E-state index contributed by atoms with van der Waals surface area (Å²) in [6.07, 6.45) is 2.01. The number of hydrogen-bond acceptors (Lipinski definition) is 3. The second-order valence-corrected chi connectivity index (χ2v) is 6.69. The number of methoxy groups -OCH3 is 1. The molecule has 0 bridgehead atoms. The molecule has 0 radical (unpaired) electrons. The molecule has 4 nitrogen and oxygen atoms in total. The van der Waals surface area contributed by atoms with Crippen molar-refractivity contribution in [3.05, 3.63) is 70.5 Å². The maximum Gasteiger partial charge on any atom is 0.191 e. The minimum absolute atomic E-state index is 0. The summed E-state index contributed by atoms with van der Waals surface area (Å²) >= 11 is 1.68. The van der Waals surface area contributed by atoms with E-state index in [1.54, 1.807) is 32.0 Å². The number of ether oxygens (including phenoxy) is 1. The molecular formula is C20H27FIN3OS. The van der Waals surface area contributed by atoms with Crippen molar-refractivity contribution in [3.63, 3.8) is 0 Å². The number of nitrogens with zero attached hydrogens (tertiary/aromatic N) is 1. The monoisotopic (exact) mass is 503 g/mol. The lowest BCUT2D eigenvalue weighted by molar-refractivity contribution is 0.184. The van der Waals surface area contributed by atoms with Crippen LogP contribution in [0.5, 0.6) is 0 Å². The van der Waals surface area contributed by atoms with E-state index >= 15 is 0 Å². The molecule has 0 aliphatic heterocycles. The van der Waals surface area contributed by atoms with E-state index in [-0.39, 0.29) is 29.8 Å². The van der Waals surface area contributed by atoms with E-state index in [9.17, 15) is 4.39 Å². The van der Waals surface area contributed by atoms with Crippen molar-refractivity contribution in [2.24, 2.45) is 4.99 Å². The van der Waals surface area contributed by atoms with Gasteiger partial charge in [0.05, 0.1) is 6.61 Å². The Morgan fingerprint density at radius 2 is 1.67 bits per heavy atom. The predicted molar refractivity (Wildman–Crippen MR) is 123 cm³/mol. The number of aliphatic imine (C=N–C) groups is 1. The highest BCUT2D eigenvalue weighted by Gasteiger charge is 2.07. The van der Waals surface area contributed by atoms with Gasteiger partial charge in [-0.15, -0.1) is 24.0 Å². The molecule has 0 aliphatic carbocycles. The second kappa shape index (κ2) is 13.0. The quantitative estimate of drug-likeness (QED) is 0.320. The van der Waals surface area contributed by atoms with Gasteiger partial charge in [0.15, 0.2) is 5.96 Å². The van der Waals surface area contributed by atoms with Gasteiger partial charge in [-0.05, 0) is 40.6 Å². The Bertz CT molecular complexity index is 743. The van der Waals surface area contributed by atoms with Crippen LogP contribution >= 0.6 is 35.7 Å². The van der Waals surface area contributed by atoms with E-state index in [2.05, 4.69) is 27.8 Å². The van der Waals surface area contributed by atoms with Crippen LogP contribution in [0.15, 0.2) is 47.5 Å². The molecule has 0 heterocycles. The Labute approximate surface area is 182 Å². The smallest absolute Gasteiger partial charge is 0.191 e. The fraction of sp³-hybridized carbons (Fsp3) is 0.350. The highest BCUT2D eigenvalue weighted by atomic mass is 127. The molecule has 0 aromatic heterocycles. The minimum Gasteiger partial charge on any atom is -0.380 e. The third-order valence-corrected chi connectivity index (χ3v) is 4.60. The number of thioether (sulfide) groups is 1. The summed E-state index contributed by atoms with van der Waals surface area (Å²) in [4.78, 5) is 4.27. The normalized spacial score (nSPS) is 11.0. The number of nitrogens with one attached hydrogen (secondary N) is 2. The average Bonchev–Trinajstić information content (AvgIpc) is 2.65. The Balaban J connectivity index is 0.00000364. The molecule has 2 aromatic carbocycles. The van der Waals surface area contributed by atoms with E-state index in [0.717, 1.165) is 22.4 Å². The largest absolute Gasteiger partial charge is 0.380 e. The molecule has 0 saturated carbocycles. The second-order valence-electron chi connectivity index (χ2n) is 5.83. The summed E-state index contributed by atoms with van der Waals surface area (Å²) in [6.45, 7) is 1.83. The predicted octanol–water partition coefficient (Wildman–Crippen LogP) is 4.32. The van der Waals surface area contributed by atoms with Crippen molar-refractivity contribution in [2.75, 3.05) is 20.4 Å². The standard InChI is InChI=1S/C20H26FN3OS.HI/c1-22-20(23-11-15-6-4-5-7-17(15)13-25-2)24-12-16-8-9-19(21)10-18(16)14-26-3;/h4-10H,11-14H2,1-3H3,(H2,22,23,24);1H. The van der Waals surface area contributed by atoms with Crippen molar-refractivity contribution in [1.29, 1.82) is 0 Å². The first-order valence-electron chi connectivity index (χ1n) is 8.44. The van der Waals surface area contributed by atoms with E-state index in [0.29, 0.717) is 25.7 Å². The highest BCUT2D eigenvalue weighted by molar-refractivity contribution is 14.0. The minimum atomic E-state index is -0.199. The van der Waals surface area contributed by atoms with Crippen LogP contribution < -0.4 is 10.6 Å². The number of guanidine groups is 1. The first-order valence-corrected chi connectivity index (χ1v) is 9.83. The molecule has 148 valence electrons. The molecule has 0 aliphatic rings. The van der Waals surface area contributed by atoms with Gasteiger partial charge >= 0.3 is 0 Å². The number of halogens is 2. The van der Waals surface area contributed by atoms with Crippen LogP contribution in [0.2, 0.25) is 0 Å². The molecule has 0 saturated heterocycles. The fourth-order valence-corrected chi connectivity index (χ4v) is 3.24. The number of benzene rings is 2. The SMILES string of the molecule is CN=C(NCc1ccccc1COC)NCc1ccc(F)cc1CSC.I. The molecule has 2 aromatic rings. The topological polar surface area (TPSA) is 45.7 Å². The summed E-state index contributed by atoms with van der Waals surface area (Å²) in [5.41, 5.74) is 4.40. The molecule has 2 N–H and O–H groups in total. The third kappa shape index (κ3) is 7.67. The lowest BCUT2D eigenvalue weighted by Gasteiger charge is -2.15. The van der Waals surface area contributed by atoms with Gasteiger partial charge in [0.1, 0.15) is 5.82 Å². The summed E-state index contributed by atoms with van der Waals surface area (Å²) in [7, 11) is 3.43. The summed E-state index contributed by atoms with van der Waals surface area (Å²) in [5.74, 6) is 1.29. The molecule has 0 spiro atoms. The molecule has 0 amide bonds. The molecule has 0 atom stereocenters. The van der Waals surface area contributed by atoms with E-state index in [4.69, 9.17) is 4.74 Å². The molecule has 0 unspecified atom stereocenters. The van der Waals surface area contributed by atoms with Crippen molar-refractivity contribution in [1.82, 2.24) is 10.6 Å². The summed E-state index contributed by atoms with van der Waals surface area (Å²) in [6, 6.07) is 13.1. The molecule has 7 heteroatoms. The maximum absolute atomic E-state index is 13.5. The Morgan fingerprint density at radius 1 is 1.04 bits per heavy atom. The van der Waals surface area contributed by atoms with Crippen LogP contribution in [0.1, 0.15) is 22.3 Å². The lowest BCUT2D eigenvalue weighted by Crippen LogP contribution is -2.36. The first kappa shape index (κ1) is 23.7. The Kier molecular flexibility index (Phi) is 11.4. The Morgan fingerprint density at radius 3 is 2.26 bits per heavy atom. The van der Waals surface area contributed by atoms with Crippen LogP contribution in [-0.4, -0.2) is 26.4 Å². The fourth-order valence-electron chi connectivity index (χ4n) is 2.66. The van der Waals surface area contributed by atoms with Crippen LogP contribution in [0.25, 0.3) is 0 Å². The maximum atomic E-state index is 13.5. The van der Waals surface area contributed by atoms with Gasteiger partial charge in [0.25, 0.3) is 0 Å². The summed E-state index contributed by atoms with van der Waals surface area (Å²) in [5, 5.41) is 6.62. The molecule has 27 heavy (non-hydrogen) atoms. The molecular weight excluding hydrogens is 476 g/mol. The van der Waals surface area contributed by atoms with Crippen LogP contribution in [0.4, 0.5) is 4.39 Å². The van der Waals surface area contributed by atoms with Crippen molar-refractivity contribution < 1.29 is 9.13 Å². The van der Waals surface area contributed by atoms with E-state index in [1.165, 1.54) is 11.6 Å². The Hall–Kier alpha value is -1.32. The summed E-state index contributed by atoms with van der Waals surface area (Å²) < 4.78 is 18.7. The number of hydrogen-bond donors (Lipinski definition) is 2. The van der Waals surface area contributed by atoms with Crippen LogP contribution in [0, 0.1) is 5.82 Å². The lowest BCUT2D eigenvalue weighted by atomic mass is 10.1. The van der Waals surface area contributed by atoms with Crippen LogP contribution in [0.3, 0.4) is 0 Å². The number of rotatable bonds is 8. The van der Waals surface area contributed by atoms with Crippen molar-refractivity contribution >= 4 is 41.7 Å². The first-order chi connectivity index (χ1) is 12.7. The molecule has 2 rings (SSSR count). The van der Waals surface area contributed by atoms with Gasteiger partial charge in [-0.25, -0.2) is 4.39 Å². The highest BCUT2D eigenvalue weighted by Crippen LogP contribution is 2.16. The van der Waals surface area contributed by atoms with Gasteiger partial charge in [0, 0.05) is 33.0 Å². The van der Waals surface area contributed by atoms with E-state index < -0.39 is 0 Å². The van der Waals surface area contributed by atoms with Gasteiger partial charge in [-0.1, -0.05) is 30.3 Å². The van der Waals surface area contributed by atoms with Gasteiger partial charge < -0.3 is 15.4 Å². The molecule has 0 fully saturated rings. The zero-order valence-electron chi connectivity index (χ0n) is 15.9. The van der Waals surface area contributed by atoms with Gasteiger partial charge in [0.2, 0.25) is 0 Å². The van der Waals surface area contributed by atoms with Crippen LogP contribution in [-0.2, 0) is 30.2 Å². The third-order valence-electron chi connectivity index (χ3n) is 4.00. The average molecular weight is 503 g/mol. The van der Waals surface area contributed by atoms with Crippen molar-refractivity contribution in [3.8, 4) is 0 Å². The van der Waals surface area contributed by atoms with Crippen molar-refractivity contribution in [2.45, 2.75) is 25.4 Å². The van der Waals surface area contributed by atoms with Gasteiger partial charge in [-0.2, -0.15) is 11.8 Å². The zero-order chi connectivity index (χ0) is 18.8. The van der Waals surface area contributed by atoms with Gasteiger partial charge in [-0.3, -0.25) is 4.99 Å².